The lowest BCUT2D eigenvalue weighted by Gasteiger charge is -2.08. The summed E-state index contributed by atoms with van der Waals surface area (Å²) in [6, 6.07) is 25.1. The largest absolute Gasteiger partial charge is 0.397 e. The molecule has 1 amide bonds. The number of rotatable bonds is 9. The van der Waals surface area contributed by atoms with Crippen LogP contribution >= 0.6 is 0 Å². The fourth-order valence-corrected chi connectivity index (χ4v) is 3.56. The molecule has 0 aliphatic rings. The van der Waals surface area contributed by atoms with E-state index in [1.807, 2.05) is 35.1 Å². The molecule has 3 N–H and O–H groups in total. The van der Waals surface area contributed by atoms with Gasteiger partial charge in [-0.2, -0.15) is 0 Å². The SMILES string of the molecule is Nc1ccccc1NC(=O)c1ccc(-c2cn(CCCCCc3ccccc3)nn2)cc1. The maximum absolute atomic E-state index is 12.5. The van der Waals surface area contributed by atoms with Gasteiger partial charge in [-0.1, -0.05) is 66.2 Å². The van der Waals surface area contributed by atoms with E-state index in [4.69, 9.17) is 5.73 Å². The minimum absolute atomic E-state index is 0.200. The van der Waals surface area contributed by atoms with Crippen molar-refractivity contribution in [2.75, 3.05) is 11.1 Å². The molecule has 0 aliphatic heterocycles. The number of hydrogen-bond acceptors (Lipinski definition) is 4. The van der Waals surface area contributed by atoms with Crippen LogP contribution < -0.4 is 11.1 Å². The second-order valence-electron chi connectivity index (χ2n) is 7.78. The van der Waals surface area contributed by atoms with Gasteiger partial charge in [0.1, 0.15) is 5.69 Å². The van der Waals surface area contributed by atoms with Gasteiger partial charge in [0.05, 0.1) is 17.6 Å². The zero-order valence-electron chi connectivity index (χ0n) is 17.9. The maximum atomic E-state index is 12.5. The Morgan fingerprint density at radius 1 is 0.875 bits per heavy atom. The summed E-state index contributed by atoms with van der Waals surface area (Å²) < 4.78 is 1.89. The van der Waals surface area contributed by atoms with Gasteiger partial charge in [-0.3, -0.25) is 9.48 Å². The van der Waals surface area contributed by atoms with Crippen LogP contribution in [0.1, 0.15) is 35.2 Å². The van der Waals surface area contributed by atoms with Crippen molar-refractivity contribution in [3.05, 3.63) is 96.2 Å². The van der Waals surface area contributed by atoms with Gasteiger partial charge in [-0.15, -0.1) is 5.10 Å². The van der Waals surface area contributed by atoms with Crippen LogP contribution in [-0.2, 0) is 13.0 Å². The number of aryl methyl sites for hydroxylation is 2. The van der Waals surface area contributed by atoms with E-state index in [0.717, 1.165) is 37.1 Å². The molecule has 1 heterocycles. The number of nitrogens with zero attached hydrogens (tertiary/aromatic N) is 3. The summed E-state index contributed by atoms with van der Waals surface area (Å²) in [6.45, 7) is 0.848. The van der Waals surface area contributed by atoms with E-state index in [9.17, 15) is 4.79 Å². The van der Waals surface area contributed by atoms with Crippen LogP contribution in [0, 0.1) is 0 Å². The van der Waals surface area contributed by atoms with Gasteiger partial charge in [0, 0.05) is 17.7 Å². The molecule has 0 saturated carbocycles. The number of carbonyl (C=O) groups excluding carboxylic acids is 1. The van der Waals surface area contributed by atoms with Crippen molar-refractivity contribution in [3.63, 3.8) is 0 Å². The highest BCUT2D eigenvalue weighted by atomic mass is 16.1. The molecule has 1 aromatic heterocycles. The zero-order chi connectivity index (χ0) is 22.2. The molecule has 3 aromatic carbocycles. The maximum Gasteiger partial charge on any atom is 0.255 e. The fraction of sp³-hybridized carbons (Fsp3) is 0.192. The molecule has 0 bridgehead atoms. The number of unbranched alkanes of at least 4 members (excludes halogenated alkanes) is 2. The minimum Gasteiger partial charge on any atom is -0.397 e. The van der Waals surface area contributed by atoms with Crippen molar-refractivity contribution in [1.82, 2.24) is 15.0 Å². The van der Waals surface area contributed by atoms with E-state index in [0.29, 0.717) is 16.9 Å². The van der Waals surface area contributed by atoms with Crippen LogP contribution in [0.3, 0.4) is 0 Å². The first-order chi connectivity index (χ1) is 15.7. The van der Waals surface area contributed by atoms with Crippen molar-refractivity contribution in [1.29, 1.82) is 0 Å². The average molecular weight is 426 g/mol. The molecule has 0 radical (unpaired) electrons. The topological polar surface area (TPSA) is 85.8 Å². The molecule has 4 rings (SSSR count). The van der Waals surface area contributed by atoms with Gasteiger partial charge in [0.25, 0.3) is 5.91 Å². The first-order valence-electron chi connectivity index (χ1n) is 10.9. The molecule has 162 valence electrons. The number of nitrogen functional groups attached to an aromatic ring is 1. The van der Waals surface area contributed by atoms with Crippen molar-refractivity contribution in [2.24, 2.45) is 0 Å². The smallest absolute Gasteiger partial charge is 0.255 e. The summed E-state index contributed by atoms with van der Waals surface area (Å²) in [5, 5.41) is 11.4. The fourth-order valence-electron chi connectivity index (χ4n) is 3.56. The second-order valence-corrected chi connectivity index (χ2v) is 7.78. The third-order valence-corrected chi connectivity index (χ3v) is 5.39. The van der Waals surface area contributed by atoms with E-state index < -0.39 is 0 Å². The van der Waals surface area contributed by atoms with E-state index in [1.54, 1.807) is 24.3 Å². The van der Waals surface area contributed by atoms with Gasteiger partial charge in [0.2, 0.25) is 0 Å². The lowest BCUT2D eigenvalue weighted by atomic mass is 10.1. The van der Waals surface area contributed by atoms with E-state index in [1.165, 1.54) is 12.0 Å². The molecule has 4 aromatic rings. The molecule has 32 heavy (non-hydrogen) atoms. The molecule has 0 aliphatic carbocycles. The molecular formula is C26H27N5O. The van der Waals surface area contributed by atoms with Crippen LogP contribution in [0.5, 0.6) is 0 Å². The molecular weight excluding hydrogens is 398 g/mol. The Morgan fingerprint density at radius 3 is 2.41 bits per heavy atom. The highest BCUT2D eigenvalue weighted by Crippen LogP contribution is 2.20. The number of para-hydroxylation sites is 2. The first kappa shape index (κ1) is 21.3. The summed E-state index contributed by atoms with van der Waals surface area (Å²) in [6.07, 6.45) is 6.46. The second kappa shape index (κ2) is 10.4. The Morgan fingerprint density at radius 2 is 1.62 bits per heavy atom. The molecule has 0 atom stereocenters. The number of hydrogen-bond donors (Lipinski definition) is 2. The quantitative estimate of drug-likeness (QED) is 0.285. The average Bonchev–Trinajstić information content (AvgIpc) is 3.30. The zero-order valence-corrected chi connectivity index (χ0v) is 17.9. The third kappa shape index (κ3) is 5.60. The Hall–Kier alpha value is -3.93. The van der Waals surface area contributed by atoms with Crippen molar-refractivity contribution < 1.29 is 4.79 Å². The number of aromatic nitrogens is 3. The van der Waals surface area contributed by atoms with Crippen LogP contribution in [0.15, 0.2) is 85.1 Å². The molecule has 0 unspecified atom stereocenters. The van der Waals surface area contributed by atoms with Crippen molar-refractivity contribution in [3.8, 4) is 11.3 Å². The summed E-state index contributed by atoms with van der Waals surface area (Å²) in [4.78, 5) is 12.5. The highest BCUT2D eigenvalue weighted by molar-refractivity contribution is 6.05. The van der Waals surface area contributed by atoms with Gasteiger partial charge < -0.3 is 11.1 Å². The Balaban J connectivity index is 1.27. The number of anilines is 2. The predicted molar refractivity (Wildman–Crippen MR) is 128 cm³/mol. The Kier molecular flexibility index (Phi) is 6.92. The highest BCUT2D eigenvalue weighted by Gasteiger charge is 2.09. The van der Waals surface area contributed by atoms with Crippen LogP contribution in [-0.4, -0.2) is 20.9 Å². The lowest BCUT2D eigenvalue weighted by molar-refractivity contribution is 0.102. The normalized spacial score (nSPS) is 10.8. The Labute approximate surface area is 188 Å². The first-order valence-corrected chi connectivity index (χ1v) is 10.9. The Bertz CT molecular complexity index is 1150. The van der Waals surface area contributed by atoms with Gasteiger partial charge >= 0.3 is 0 Å². The number of carbonyl (C=O) groups is 1. The standard InChI is InChI=1S/C26H27N5O/c27-23-12-6-7-13-24(23)28-26(32)22-16-14-21(15-17-22)25-19-31(30-29-25)18-8-2-5-11-20-9-3-1-4-10-20/h1,3-4,6-7,9-10,12-17,19H,2,5,8,11,18,27H2,(H,28,32). The van der Waals surface area contributed by atoms with Crippen molar-refractivity contribution in [2.45, 2.75) is 32.2 Å². The third-order valence-electron chi connectivity index (χ3n) is 5.39. The van der Waals surface area contributed by atoms with Gasteiger partial charge in [-0.25, -0.2) is 0 Å². The summed E-state index contributed by atoms with van der Waals surface area (Å²) in [5.74, 6) is -0.200. The van der Waals surface area contributed by atoms with Gasteiger partial charge in [0.15, 0.2) is 0 Å². The number of nitrogens with one attached hydrogen (secondary N) is 1. The van der Waals surface area contributed by atoms with E-state index >= 15 is 0 Å². The number of benzene rings is 3. The molecule has 6 nitrogen and oxygen atoms in total. The molecule has 0 saturated heterocycles. The summed E-state index contributed by atoms with van der Waals surface area (Å²) >= 11 is 0. The predicted octanol–water partition coefficient (Wildman–Crippen LogP) is 5.19. The summed E-state index contributed by atoms with van der Waals surface area (Å²) in [5.41, 5.74) is 10.7. The number of amides is 1. The van der Waals surface area contributed by atoms with Crippen LogP contribution in [0.4, 0.5) is 11.4 Å². The van der Waals surface area contributed by atoms with Crippen molar-refractivity contribution >= 4 is 17.3 Å². The van der Waals surface area contributed by atoms with E-state index in [-0.39, 0.29) is 5.91 Å². The van der Waals surface area contributed by atoms with Crippen LogP contribution in [0.2, 0.25) is 0 Å². The molecule has 0 spiro atoms. The monoisotopic (exact) mass is 425 g/mol. The molecule has 6 heteroatoms. The molecule has 0 fully saturated rings. The lowest BCUT2D eigenvalue weighted by Crippen LogP contribution is -2.12. The van der Waals surface area contributed by atoms with Gasteiger partial charge in [-0.05, 0) is 49.1 Å². The summed E-state index contributed by atoms with van der Waals surface area (Å²) in [7, 11) is 0. The number of nitrogens with two attached hydrogens (primary N) is 1. The van der Waals surface area contributed by atoms with E-state index in [2.05, 4.69) is 46.0 Å². The van der Waals surface area contributed by atoms with Crippen LogP contribution in [0.25, 0.3) is 11.3 Å². The minimum atomic E-state index is -0.200.